The molecular weight excluding hydrogens is 188 g/mol. The zero-order valence-corrected chi connectivity index (χ0v) is 8.32. The Labute approximate surface area is 81.6 Å². The largest absolute Gasteiger partial charge is 0.339 e. The van der Waals surface area contributed by atoms with E-state index in [9.17, 15) is 4.91 Å². The molecule has 1 rings (SSSR count). The molecule has 0 aliphatic heterocycles. The number of aromatic nitrogens is 1. The van der Waals surface area contributed by atoms with Crippen LogP contribution in [0.15, 0.2) is 18.3 Å². The van der Waals surface area contributed by atoms with Crippen LogP contribution in [-0.2, 0) is 4.75 Å². The van der Waals surface area contributed by atoms with Gasteiger partial charge in [0, 0.05) is 12.3 Å². The van der Waals surface area contributed by atoms with E-state index in [1.54, 1.807) is 26.1 Å². The van der Waals surface area contributed by atoms with Gasteiger partial charge >= 0.3 is 5.69 Å². The predicted molar refractivity (Wildman–Crippen MR) is 51.3 cm³/mol. The lowest BCUT2D eigenvalue weighted by atomic mass is 10.1. The van der Waals surface area contributed by atoms with E-state index in [4.69, 9.17) is 5.21 Å². The molecule has 0 aliphatic rings. The predicted octanol–water partition coefficient (Wildman–Crippen LogP) is 2.05. The molecule has 5 heteroatoms. The molecule has 0 bridgehead atoms. The molecule has 1 heterocycles. The third kappa shape index (κ3) is 2.18. The smallest absolute Gasteiger partial charge is 0.252 e. The molecule has 1 aromatic rings. The fourth-order valence-electron chi connectivity index (χ4n) is 1.02. The van der Waals surface area contributed by atoms with Gasteiger partial charge in [0.15, 0.2) is 0 Å². The van der Waals surface area contributed by atoms with E-state index < -0.39 is 4.75 Å². The van der Waals surface area contributed by atoms with Crippen LogP contribution in [0.1, 0.15) is 19.5 Å². The third-order valence-corrected chi connectivity index (χ3v) is 1.78. The van der Waals surface area contributed by atoms with Gasteiger partial charge in [-0.2, -0.15) is 12.6 Å². The zero-order chi connectivity index (χ0) is 10.1. The molecule has 0 aromatic carbocycles. The summed E-state index contributed by atoms with van der Waals surface area (Å²) in [5.41, 5.74) is 0.582. The molecule has 0 radical (unpaired) electrons. The number of thiol groups is 1. The van der Waals surface area contributed by atoms with Crippen LogP contribution in [0.5, 0.6) is 0 Å². The van der Waals surface area contributed by atoms with Crippen molar-refractivity contribution in [2.75, 3.05) is 0 Å². The average molecular weight is 199 g/mol. The van der Waals surface area contributed by atoms with E-state index in [2.05, 4.69) is 17.6 Å². The van der Waals surface area contributed by atoms with Crippen LogP contribution in [0, 0.1) is 4.91 Å². The highest BCUT2D eigenvalue weighted by Crippen LogP contribution is 2.31. The minimum Gasteiger partial charge on any atom is -0.252 e. The number of rotatable bonds is 2. The maximum atomic E-state index is 10.7. The first kappa shape index (κ1) is 9.98. The zero-order valence-electron chi connectivity index (χ0n) is 7.43. The Kier molecular flexibility index (Phi) is 2.56. The van der Waals surface area contributed by atoms with Crippen molar-refractivity contribution in [1.82, 2.24) is 4.98 Å². The summed E-state index contributed by atoms with van der Waals surface area (Å²) in [6, 6.07) is 3.08. The second-order valence-corrected chi connectivity index (χ2v) is 4.32. The van der Waals surface area contributed by atoms with Crippen molar-refractivity contribution in [1.29, 1.82) is 0 Å². The molecule has 0 saturated heterocycles. The maximum absolute atomic E-state index is 10.7. The van der Waals surface area contributed by atoms with E-state index >= 15 is 0 Å². The molecule has 1 N–H and O–H groups in total. The van der Waals surface area contributed by atoms with Gasteiger partial charge in [-0.25, -0.2) is 5.21 Å². The van der Waals surface area contributed by atoms with Crippen molar-refractivity contribution >= 4 is 18.3 Å². The Balaban J connectivity index is 3.28. The highest BCUT2D eigenvalue weighted by molar-refractivity contribution is 7.81. The van der Waals surface area contributed by atoms with Gasteiger partial charge in [0.05, 0.1) is 9.65 Å². The van der Waals surface area contributed by atoms with Crippen LogP contribution < -0.4 is 0 Å². The third-order valence-electron chi connectivity index (χ3n) is 1.57. The summed E-state index contributed by atoms with van der Waals surface area (Å²) in [7, 11) is 0. The van der Waals surface area contributed by atoms with E-state index in [-0.39, 0.29) is 10.6 Å². The Morgan fingerprint density at radius 3 is 2.62 bits per heavy atom. The molecule has 0 aliphatic carbocycles. The van der Waals surface area contributed by atoms with Crippen molar-refractivity contribution in [3.05, 3.63) is 28.9 Å². The van der Waals surface area contributed by atoms with E-state index in [0.29, 0.717) is 5.69 Å². The molecule has 0 unspecified atom stereocenters. The standard InChI is InChI=1S/C8H10N2O2S/c1-8(2,13)7-6(10(11)12)4-3-5-9-7/h3-5H,1-2H3,(H-,11,12,13)/p+1. The van der Waals surface area contributed by atoms with Crippen LogP contribution in [-0.4, -0.2) is 15.1 Å². The lowest BCUT2D eigenvalue weighted by Crippen LogP contribution is -2.13. The van der Waals surface area contributed by atoms with Gasteiger partial charge in [0.1, 0.15) is 5.69 Å². The Bertz CT molecular complexity index is 333. The fourth-order valence-corrected chi connectivity index (χ4v) is 1.19. The number of pyridine rings is 1. The summed E-state index contributed by atoms with van der Waals surface area (Å²) >= 11 is 4.27. The molecular formula is C8H11N2O2S+. The number of hydrogen-bond acceptors (Lipinski definition) is 3. The summed E-state index contributed by atoms with van der Waals surface area (Å²) in [5, 5.41) is 8.77. The normalized spacial score (nSPS) is 11.3. The Hall–Kier alpha value is -1.10. The van der Waals surface area contributed by atoms with Gasteiger partial charge in [-0.1, -0.05) is 0 Å². The molecule has 4 nitrogen and oxygen atoms in total. The van der Waals surface area contributed by atoms with Crippen molar-refractivity contribution < 1.29 is 10.1 Å². The molecule has 0 saturated carbocycles. The summed E-state index contributed by atoms with van der Waals surface area (Å²) < 4.78 is -0.554. The first-order chi connectivity index (χ1) is 5.93. The molecule has 0 spiro atoms. The van der Waals surface area contributed by atoms with Gasteiger partial charge in [-0.15, -0.1) is 0 Å². The first-order valence-electron chi connectivity index (χ1n) is 3.77. The van der Waals surface area contributed by atoms with E-state index in [0.717, 1.165) is 0 Å². The van der Waals surface area contributed by atoms with Crippen molar-refractivity contribution in [3.63, 3.8) is 0 Å². The fraction of sp³-hybridized carbons (Fsp3) is 0.375. The first-order valence-corrected chi connectivity index (χ1v) is 4.21. The molecule has 0 atom stereocenters. The van der Waals surface area contributed by atoms with E-state index in [1.807, 2.05) is 0 Å². The highest BCUT2D eigenvalue weighted by atomic mass is 32.1. The van der Waals surface area contributed by atoms with Crippen LogP contribution in [0.25, 0.3) is 0 Å². The van der Waals surface area contributed by atoms with Crippen LogP contribution in [0.3, 0.4) is 0 Å². The van der Waals surface area contributed by atoms with Crippen LogP contribution in [0.2, 0.25) is 0 Å². The Morgan fingerprint density at radius 2 is 2.23 bits per heavy atom. The quantitative estimate of drug-likeness (QED) is 0.566. The molecule has 70 valence electrons. The summed E-state index contributed by atoms with van der Waals surface area (Å²) in [6.45, 7) is 3.59. The Morgan fingerprint density at radius 1 is 1.62 bits per heavy atom. The van der Waals surface area contributed by atoms with Gasteiger partial charge < -0.3 is 0 Å². The van der Waals surface area contributed by atoms with Crippen molar-refractivity contribution in [2.45, 2.75) is 18.6 Å². The molecule has 13 heavy (non-hydrogen) atoms. The molecule has 0 fully saturated rings. The maximum Gasteiger partial charge on any atom is 0.339 e. The second-order valence-electron chi connectivity index (χ2n) is 3.20. The topological polar surface area (TPSA) is 53.2 Å². The monoisotopic (exact) mass is 199 g/mol. The SMILES string of the molecule is CC(C)(S)c1ncccc1[N+](=O)O. The summed E-state index contributed by atoms with van der Waals surface area (Å²) in [4.78, 5) is 14.5. The summed E-state index contributed by atoms with van der Waals surface area (Å²) in [6.07, 6.45) is 1.56. The van der Waals surface area contributed by atoms with Crippen molar-refractivity contribution in [2.24, 2.45) is 0 Å². The second kappa shape index (κ2) is 3.33. The highest BCUT2D eigenvalue weighted by Gasteiger charge is 2.29. The van der Waals surface area contributed by atoms with Gasteiger partial charge in [0.2, 0.25) is 0 Å². The number of hydrogen-bond donors (Lipinski definition) is 2. The van der Waals surface area contributed by atoms with Gasteiger partial charge in [-0.3, -0.25) is 4.98 Å². The van der Waals surface area contributed by atoms with Crippen LogP contribution >= 0.6 is 12.6 Å². The lowest BCUT2D eigenvalue weighted by molar-refractivity contribution is -0.730. The molecule has 1 aromatic heterocycles. The van der Waals surface area contributed by atoms with Crippen molar-refractivity contribution in [3.8, 4) is 0 Å². The number of nitrogens with zero attached hydrogens (tertiary/aromatic N) is 2. The summed E-state index contributed by atoms with van der Waals surface area (Å²) in [5.74, 6) is 0. The van der Waals surface area contributed by atoms with Gasteiger partial charge in [-0.05, 0) is 19.9 Å². The minimum atomic E-state index is -0.554. The van der Waals surface area contributed by atoms with Crippen LogP contribution in [0.4, 0.5) is 5.69 Å². The minimum absolute atomic E-state index is 0.127. The lowest BCUT2D eigenvalue weighted by Gasteiger charge is -2.14. The van der Waals surface area contributed by atoms with E-state index in [1.165, 1.54) is 6.07 Å². The average Bonchev–Trinajstić information content (AvgIpc) is 2.03. The van der Waals surface area contributed by atoms with Gasteiger partial charge in [0.25, 0.3) is 4.92 Å². The molecule has 0 amide bonds.